The van der Waals surface area contributed by atoms with Gasteiger partial charge in [-0.15, -0.1) is 0 Å². The lowest BCUT2D eigenvalue weighted by molar-refractivity contribution is -0.883. The first-order chi connectivity index (χ1) is 11.8. The molecule has 0 bridgehead atoms. The standard InChI is InChI=1S/C17H27N3O4S/c1-4-7-18-25(22,23)15-5-6-16(14(2)12-15)24-13-17(21)20-10-8-19(3)9-11-20/h5-6,12,18H,4,7-11,13H2,1-3H3/p+1. The third kappa shape index (κ3) is 5.42. The van der Waals surface area contributed by atoms with Crippen LogP contribution in [0.4, 0.5) is 0 Å². The summed E-state index contributed by atoms with van der Waals surface area (Å²) in [5.74, 6) is 0.496. The maximum atomic E-state index is 12.2. The third-order valence-electron chi connectivity index (χ3n) is 4.32. The lowest BCUT2D eigenvalue weighted by Crippen LogP contribution is -3.12. The number of nitrogens with zero attached hydrogens (tertiary/aromatic N) is 1. The molecular formula is C17H28N3O4S+. The number of likely N-dealkylation sites (N-methyl/N-ethyl adjacent to an activating group) is 1. The zero-order valence-electron chi connectivity index (χ0n) is 15.2. The van der Waals surface area contributed by atoms with Crippen LogP contribution in [0.25, 0.3) is 0 Å². The lowest BCUT2D eigenvalue weighted by atomic mass is 10.2. The van der Waals surface area contributed by atoms with Crippen LogP contribution >= 0.6 is 0 Å². The number of piperazine rings is 1. The van der Waals surface area contributed by atoms with Crippen LogP contribution in [-0.4, -0.2) is 65.6 Å². The average Bonchev–Trinajstić information content (AvgIpc) is 2.59. The van der Waals surface area contributed by atoms with E-state index in [-0.39, 0.29) is 17.4 Å². The Labute approximate surface area is 150 Å². The molecule has 0 spiro atoms. The highest BCUT2D eigenvalue weighted by Crippen LogP contribution is 2.21. The second-order valence-electron chi connectivity index (χ2n) is 6.45. The summed E-state index contributed by atoms with van der Waals surface area (Å²) in [6, 6.07) is 4.68. The van der Waals surface area contributed by atoms with E-state index in [9.17, 15) is 13.2 Å². The molecule has 0 aliphatic carbocycles. The maximum Gasteiger partial charge on any atom is 0.260 e. The third-order valence-corrected chi connectivity index (χ3v) is 5.78. The molecule has 0 saturated carbocycles. The summed E-state index contributed by atoms with van der Waals surface area (Å²) in [4.78, 5) is 15.7. The Balaban J connectivity index is 1.96. The molecule has 1 aliphatic rings. The van der Waals surface area contributed by atoms with Crippen molar-refractivity contribution in [1.29, 1.82) is 0 Å². The van der Waals surface area contributed by atoms with Gasteiger partial charge in [0.15, 0.2) is 6.61 Å². The van der Waals surface area contributed by atoms with Gasteiger partial charge in [-0.2, -0.15) is 0 Å². The first kappa shape index (κ1) is 19.7. The van der Waals surface area contributed by atoms with Crippen molar-refractivity contribution in [2.45, 2.75) is 25.2 Å². The molecule has 8 heteroatoms. The van der Waals surface area contributed by atoms with Gasteiger partial charge in [0.1, 0.15) is 5.75 Å². The molecule has 0 radical (unpaired) electrons. The molecule has 0 unspecified atom stereocenters. The number of carbonyl (C=O) groups excluding carboxylic acids is 1. The molecule has 25 heavy (non-hydrogen) atoms. The molecule has 1 aromatic carbocycles. The van der Waals surface area contributed by atoms with Gasteiger partial charge in [-0.3, -0.25) is 4.79 Å². The molecule has 0 aromatic heterocycles. The second-order valence-corrected chi connectivity index (χ2v) is 8.22. The second kappa shape index (κ2) is 8.64. The summed E-state index contributed by atoms with van der Waals surface area (Å²) in [7, 11) is -1.38. The van der Waals surface area contributed by atoms with Crippen molar-refractivity contribution in [1.82, 2.24) is 9.62 Å². The van der Waals surface area contributed by atoms with Crippen molar-refractivity contribution in [3.63, 3.8) is 0 Å². The number of aryl methyl sites for hydroxylation is 1. The first-order valence-electron chi connectivity index (χ1n) is 8.65. The van der Waals surface area contributed by atoms with Crippen LogP contribution in [0.3, 0.4) is 0 Å². The number of nitrogens with one attached hydrogen (secondary N) is 2. The van der Waals surface area contributed by atoms with Crippen LogP contribution in [0.5, 0.6) is 5.75 Å². The van der Waals surface area contributed by atoms with Gasteiger partial charge < -0.3 is 14.5 Å². The van der Waals surface area contributed by atoms with Crippen molar-refractivity contribution in [3.05, 3.63) is 23.8 Å². The molecule has 1 aromatic rings. The van der Waals surface area contributed by atoms with Crippen molar-refractivity contribution in [2.24, 2.45) is 0 Å². The fourth-order valence-electron chi connectivity index (χ4n) is 2.64. The fraction of sp³-hybridized carbons (Fsp3) is 0.588. The van der Waals surface area contributed by atoms with Gasteiger partial charge in [0.05, 0.1) is 38.1 Å². The Morgan fingerprint density at radius 1 is 1.32 bits per heavy atom. The summed E-state index contributed by atoms with van der Waals surface area (Å²) in [6.45, 7) is 7.44. The molecule has 1 aliphatic heterocycles. The normalized spacial score (nSPS) is 16.0. The van der Waals surface area contributed by atoms with Gasteiger partial charge in [-0.05, 0) is 37.1 Å². The van der Waals surface area contributed by atoms with Gasteiger partial charge in [-0.25, -0.2) is 13.1 Å². The molecule has 0 atom stereocenters. The monoisotopic (exact) mass is 370 g/mol. The number of quaternary nitrogens is 1. The van der Waals surface area contributed by atoms with E-state index in [2.05, 4.69) is 11.8 Å². The summed E-state index contributed by atoms with van der Waals surface area (Å²) in [5, 5.41) is 0. The van der Waals surface area contributed by atoms with E-state index in [4.69, 9.17) is 4.74 Å². The van der Waals surface area contributed by atoms with E-state index in [0.717, 1.165) is 32.6 Å². The molecule has 140 valence electrons. The van der Waals surface area contributed by atoms with Crippen molar-refractivity contribution >= 4 is 15.9 Å². The van der Waals surface area contributed by atoms with Crippen LogP contribution in [0, 0.1) is 6.92 Å². The summed E-state index contributed by atoms with van der Waals surface area (Å²) < 4.78 is 32.4. The molecule has 1 amide bonds. The highest BCUT2D eigenvalue weighted by atomic mass is 32.2. The van der Waals surface area contributed by atoms with Crippen LogP contribution in [-0.2, 0) is 14.8 Å². The summed E-state index contributed by atoms with van der Waals surface area (Å²) in [5.41, 5.74) is 0.690. The van der Waals surface area contributed by atoms with Gasteiger partial charge in [0.2, 0.25) is 10.0 Å². The number of hydrogen-bond donors (Lipinski definition) is 2. The largest absolute Gasteiger partial charge is 0.483 e. The Kier molecular flexibility index (Phi) is 6.80. The Bertz CT molecular complexity index is 698. The highest BCUT2D eigenvalue weighted by Gasteiger charge is 2.22. The molecule has 2 N–H and O–H groups in total. The lowest BCUT2D eigenvalue weighted by Gasteiger charge is -2.30. The van der Waals surface area contributed by atoms with E-state index in [1.54, 1.807) is 19.1 Å². The molecule has 7 nitrogen and oxygen atoms in total. The molecule has 1 heterocycles. The Morgan fingerprint density at radius 2 is 2.00 bits per heavy atom. The molecule has 2 rings (SSSR count). The SMILES string of the molecule is CCCNS(=O)(=O)c1ccc(OCC(=O)N2CC[NH+](C)CC2)c(C)c1. The number of benzene rings is 1. The summed E-state index contributed by atoms with van der Waals surface area (Å²) >= 11 is 0. The van der Waals surface area contributed by atoms with E-state index in [1.165, 1.54) is 11.0 Å². The van der Waals surface area contributed by atoms with E-state index in [0.29, 0.717) is 17.9 Å². The van der Waals surface area contributed by atoms with E-state index in [1.807, 2.05) is 11.8 Å². The first-order valence-corrected chi connectivity index (χ1v) is 10.1. The van der Waals surface area contributed by atoms with Gasteiger partial charge in [-0.1, -0.05) is 6.92 Å². The van der Waals surface area contributed by atoms with Crippen LogP contribution in [0.1, 0.15) is 18.9 Å². The van der Waals surface area contributed by atoms with Crippen molar-refractivity contribution in [3.8, 4) is 5.75 Å². The number of sulfonamides is 1. The molecule has 1 fully saturated rings. The van der Waals surface area contributed by atoms with E-state index < -0.39 is 10.0 Å². The van der Waals surface area contributed by atoms with Gasteiger partial charge >= 0.3 is 0 Å². The fourth-order valence-corrected chi connectivity index (χ4v) is 3.86. The minimum Gasteiger partial charge on any atom is -0.483 e. The number of ether oxygens (including phenoxy) is 1. The van der Waals surface area contributed by atoms with Crippen molar-refractivity contribution < 1.29 is 22.8 Å². The smallest absolute Gasteiger partial charge is 0.260 e. The zero-order chi connectivity index (χ0) is 18.4. The quantitative estimate of drug-likeness (QED) is 0.673. The van der Waals surface area contributed by atoms with Crippen LogP contribution in [0.15, 0.2) is 23.1 Å². The molecule has 1 saturated heterocycles. The van der Waals surface area contributed by atoms with E-state index >= 15 is 0 Å². The minimum atomic E-state index is -3.50. The number of amides is 1. The van der Waals surface area contributed by atoms with Gasteiger partial charge in [0.25, 0.3) is 5.91 Å². The number of rotatable bonds is 7. The maximum absolute atomic E-state index is 12.2. The van der Waals surface area contributed by atoms with Crippen LogP contribution < -0.4 is 14.4 Å². The Hall–Kier alpha value is -1.64. The summed E-state index contributed by atoms with van der Waals surface area (Å²) in [6.07, 6.45) is 0.731. The average molecular weight is 370 g/mol. The number of hydrogen-bond acceptors (Lipinski definition) is 4. The highest BCUT2D eigenvalue weighted by molar-refractivity contribution is 7.89. The topological polar surface area (TPSA) is 80.1 Å². The zero-order valence-corrected chi connectivity index (χ0v) is 16.0. The minimum absolute atomic E-state index is 0.0277. The predicted molar refractivity (Wildman–Crippen MR) is 95.4 cm³/mol. The van der Waals surface area contributed by atoms with Crippen LogP contribution in [0.2, 0.25) is 0 Å². The number of carbonyl (C=O) groups is 1. The van der Waals surface area contributed by atoms with Crippen molar-refractivity contribution in [2.75, 3.05) is 46.4 Å². The Morgan fingerprint density at radius 3 is 2.60 bits per heavy atom. The molecular weight excluding hydrogens is 342 g/mol. The van der Waals surface area contributed by atoms with Gasteiger partial charge in [0, 0.05) is 6.54 Å². The predicted octanol–water partition coefficient (Wildman–Crippen LogP) is -0.581.